The van der Waals surface area contributed by atoms with Crippen LogP contribution in [-0.2, 0) is 33.3 Å². The summed E-state index contributed by atoms with van der Waals surface area (Å²) in [5.41, 5.74) is 5.77. The molecule has 2 aromatic rings. The van der Waals surface area contributed by atoms with Gasteiger partial charge in [0.15, 0.2) is 0 Å². The van der Waals surface area contributed by atoms with Gasteiger partial charge in [-0.1, -0.05) is 88.7 Å². The largest absolute Gasteiger partial charge is 0.462 e. The van der Waals surface area contributed by atoms with E-state index < -0.39 is 35.7 Å². The molecule has 0 radical (unpaired) electrons. The summed E-state index contributed by atoms with van der Waals surface area (Å²) in [5, 5.41) is 0.869. The van der Waals surface area contributed by atoms with Crippen LogP contribution in [0.25, 0.3) is 11.1 Å². The highest BCUT2D eigenvalue weighted by Gasteiger charge is 2.41. The number of aliphatic imine (C=N–C) groups is 1. The Bertz CT molecular complexity index is 1830. The maximum atomic E-state index is 13.9. The van der Waals surface area contributed by atoms with Crippen LogP contribution in [0.1, 0.15) is 105 Å². The molecule has 0 bridgehead atoms. The van der Waals surface area contributed by atoms with E-state index in [1.807, 2.05) is 78.0 Å². The Labute approximate surface area is 342 Å². The second-order valence-electron chi connectivity index (χ2n) is 17.0. The number of fused-ring (bicyclic) bond motifs is 3. The summed E-state index contributed by atoms with van der Waals surface area (Å²) in [6.07, 6.45) is 4.55. The number of ether oxygens (including phenoxy) is 4. The van der Waals surface area contributed by atoms with Gasteiger partial charge in [-0.05, 0) is 92.2 Å². The van der Waals surface area contributed by atoms with E-state index in [1.165, 1.54) is 11.8 Å². The fourth-order valence-electron chi connectivity index (χ4n) is 7.79. The lowest BCUT2D eigenvalue weighted by Crippen LogP contribution is -2.45. The number of thioether (sulfide) groups is 1. The molecule has 1 fully saturated rings. The standard InChI is InChI=1S/C46H60N2O8S/c1-28(2)20-22-53-43(50)30(4)25-33-27-57-42(47-33)31(5)40(55-32(6)49)23-29(3)24-41(46(7,8)9)56-44(51)39-19-14-21-48(39)45(52)54-26-38-36-17-12-10-15-34(36)35-16-11-13-18-37(35)38/h10-13,15-18,20,25,29,31,33,38-41H,14,19,21-24,26-27H2,1-9H3/b30-25+/t29-,31-,33-,39-,40-,41-/m0/s1. The average molecular weight is 801 g/mol. The summed E-state index contributed by atoms with van der Waals surface area (Å²) in [4.78, 5) is 58.6. The maximum absolute atomic E-state index is 13.9. The van der Waals surface area contributed by atoms with Gasteiger partial charge >= 0.3 is 24.0 Å². The number of benzene rings is 2. The van der Waals surface area contributed by atoms with Gasteiger partial charge in [-0.3, -0.25) is 14.7 Å². The summed E-state index contributed by atoms with van der Waals surface area (Å²) in [6.45, 7) is 18.1. The summed E-state index contributed by atoms with van der Waals surface area (Å²) in [5.74, 6) is -0.729. The molecule has 2 aliphatic heterocycles. The van der Waals surface area contributed by atoms with Gasteiger partial charge in [0.25, 0.3) is 0 Å². The predicted octanol–water partition coefficient (Wildman–Crippen LogP) is 9.31. The molecule has 1 aliphatic carbocycles. The van der Waals surface area contributed by atoms with E-state index in [-0.39, 0.29) is 48.9 Å². The van der Waals surface area contributed by atoms with Crippen molar-refractivity contribution < 1.29 is 38.1 Å². The smallest absolute Gasteiger partial charge is 0.410 e. The van der Waals surface area contributed by atoms with Crippen LogP contribution in [0, 0.1) is 17.3 Å². The Morgan fingerprint density at radius 2 is 1.56 bits per heavy atom. The summed E-state index contributed by atoms with van der Waals surface area (Å²) >= 11 is 1.60. The molecule has 6 atom stereocenters. The number of carbonyl (C=O) groups is 4. The fraction of sp³-hybridized carbons (Fsp3) is 0.543. The van der Waals surface area contributed by atoms with Crippen molar-refractivity contribution in [2.24, 2.45) is 22.2 Å². The van der Waals surface area contributed by atoms with Crippen LogP contribution in [0.4, 0.5) is 4.79 Å². The molecule has 0 unspecified atom stereocenters. The van der Waals surface area contributed by atoms with Crippen molar-refractivity contribution in [1.29, 1.82) is 0 Å². The molecular weight excluding hydrogens is 741 g/mol. The van der Waals surface area contributed by atoms with E-state index in [1.54, 1.807) is 18.7 Å². The number of hydrogen-bond donors (Lipinski definition) is 0. The molecule has 57 heavy (non-hydrogen) atoms. The zero-order chi connectivity index (χ0) is 41.4. The Morgan fingerprint density at radius 1 is 0.912 bits per heavy atom. The van der Waals surface area contributed by atoms with Crippen molar-refractivity contribution in [2.75, 3.05) is 25.5 Å². The first-order valence-electron chi connectivity index (χ1n) is 20.2. The fourth-order valence-corrected chi connectivity index (χ4v) is 8.92. The van der Waals surface area contributed by atoms with Crippen molar-refractivity contribution in [3.63, 3.8) is 0 Å². The Hall–Kier alpha value is -4.38. The number of rotatable bonds is 15. The number of nitrogens with zero attached hydrogens (tertiary/aromatic N) is 2. The van der Waals surface area contributed by atoms with Crippen LogP contribution in [0.15, 0.2) is 76.8 Å². The minimum Gasteiger partial charge on any atom is -0.462 e. The van der Waals surface area contributed by atoms with Gasteiger partial charge in [0.05, 0.1) is 11.1 Å². The Balaban J connectivity index is 1.19. The zero-order valence-electron chi connectivity index (χ0n) is 35.0. The number of hydrogen-bond acceptors (Lipinski definition) is 10. The van der Waals surface area contributed by atoms with Gasteiger partial charge in [-0.2, -0.15) is 0 Å². The second kappa shape index (κ2) is 19.4. The van der Waals surface area contributed by atoms with Crippen LogP contribution in [0.5, 0.6) is 0 Å². The summed E-state index contributed by atoms with van der Waals surface area (Å²) in [7, 11) is 0. The van der Waals surface area contributed by atoms with Crippen molar-refractivity contribution in [2.45, 2.75) is 118 Å². The monoisotopic (exact) mass is 800 g/mol. The summed E-state index contributed by atoms with van der Waals surface area (Å²) < 4.78 is 23.5. The third-order valence-corrected chi connectivity index (χ3v) is 12.3. The topological polar surface area (TPSA) is 121 Å². The van der Waals surface area contributed by atoms with Gasteiger partial charge in [0, 0.05) is 36.6 Å². The number of allylic oxidation sites excluding steroid dienone is 1. The van der Waals surface area contributed by atoms with Gasteiger partial charge in [0.2, 0.25) is 0 Å². The van der Waals surface area contributed by atoms with Gasteiger partial charge < -0.3 is 18.9 Å². The molecule has 0 spiro atoms. The number of carbonyl (C=O) groups excluding carboxylic acids is 4. The molecular formula is C46H60N2O8S. The molecule has 308 valence electrons. The molecule has 10 nitrogen and oxygen atoms in total. The van der Waals surface area contributed by atoms with E-state index in [2.05, 4.69) is 31.2 Å². The normalized spacial score (nSPS) is 20.1. The second-order valence-corrected chi connectivity index (χ2v) is 18.1. The van der Waals surface area contributed by atoms with Crippen molar-refractivity contribution in [1.82, 2.24) is 4.90 Å². The molecule has 2 heterocycles. The lowest BCUT2D eigenvalue weighted by molar-refractivity contribution is -0.161. The summed E-state index contributed by atoms with van der Waals surface area (Å²) in [6, 6.07) is 15.5. The molecule has 5 rings (SSSR count). The Kier molecular flexibility index (Phi) is 14.9. The lowest BCUT2D eigenvalue weighted by atomic mass is 9.81. The average Bonchev–Trinajstić information content (AvgIpc) is 3.91. The predicted molar refractivity (Wildman–Crippen MR) is 225 cm³/mol. The molecule has 1 amide bonds. The third kappa shape index (κ3) is 11.4. The van der Waals surface area contributed by atoms with Crippen LogP contribution >= 0.6 is 11.8 Å². The van der Waals surface area contributed by atoms with Crippen molar-refractivity contribution in [3.8, 4) is 11.1 Å². The molecule has 0 N–H and O–H groups in total. The van der Waals surface area contributed by atoms with Crippen LogP contribution in [-0.4, -0.2) is 83.7 Å². The van der Waals surface area contributed by atoms with E-state index in [0.29, 0.717) is 43.6 Å². The molecule has 2 aromatic carbocycles. The first kappa shape index (κ1) is 43.7. The number of amides is 1. The van der Waals surface area contributed by atoms with Crippen LogP contribution in [0.3, 0.4) is 0 Å². The van der Waals surface area contributed by atoms with Crippen molar-refractivity contribution >= 4 is 40.8 Å². The molecule has 0 saturated carbocycles. The molecule has 1 saturated heterocycles. The van der Waals surface area contributed by atoms with Gasteiger partial charge in [0.1, 0.15) is 31.5 Å². The molecule has 0 aromatic heterocycles. The minimum atomic E-state index is -0.725. The lowest BCUT2D eigenvalue weighted by Gasteiger charge is -2.35. The first-order chi connectivity index (χ1) is 27.0. The number of esters is 3. The van der Waals surface area contributed by atoms with Gasteiger partial charge in [-0.25, -0.2) is 14.4 Å². The van der Waals surface area contributed by atoms with Crippen molar-refractivity contribution in [3.05, 3.63) is 83.0 Å². The first-order valence-corrected chi connectivity index (χ1v) is 21.2. The third-order valence-electron chi connectivity index (χ3n) is 11.0. The van der Waals surface area contributed by atoms with Crippen LogP contribution in [0.2, 0.25) is 0 Å². The molecule has 11 heteroatoms. The Morgan fingerprint density at radius 3 is 2.18 bits per heavy atom. The highest BCUT2D eigenvalue weighted by Crippen LogP contribution is 2.44. The highest BCUT2D eigenvalue weighted by atomic mass is 32.2. The van der Waals surface area contributed by atoms with E-state index in [9.17, 15) is 19.2 Å². The maximum Gasteiger partial charge on any atom is 0.410 e. The van der Waals surface area contributed by atoms with E-state index in [0.717, 1.165) is 32.9 Å². The SMILES string of the molecule is CC(=O)O[C@@H](C[C@H](C)C[C@H](OC(=O)[C@@H]1CCCN1C(=O)OCC1c2ccccc2-c2ccccc21)C(C)(C)C)[C@H](C)C1=N[C@@H](/C=C(\C)C(=O)OCC=C(C)C)CS1. The van der Waals surface area contributed by atoms with E-state index in [4.69, 9.17) is 23.9 Å². The minimum absolute atomic E-state index is 0.0103. The quantitative estimate of drug-likeness (QED) is 0.0751. The number of likely N-dealkylation sites (tertiary alicyclic amines) is 1. The molecule has 3 aliphatic rings. The van der Waals surface area contributed by atoms with Crippen LogP contribution < -0.4 is 0 Å². The zero-order valence-corrected chi connectivity index (χ0v) is 35.9. The van der Waals surface area contributed by atoms with Gasteiger partial charge in [-0.15, -0.1) is 11.8 Å². The highest BCUT2D eigenvalue weighted by molar-refractivity contribution is 8.14. The van der Waals surface area contributed by atoms with E-state index >= 15 is 0 Å².